The molecule has 0 aliphatic carbocycles. The van der Waals surface area contributed by atoms with Gasteiger partial charge in [0.1, 0.15) is 0 Å². The molecule has 0 radical (unpaired) electrons. The maximum Gasteiger partial charge on any atom is 0.185 e. The molecule has 2 atom stereocenters. The van der Waals surface area contributed by atoms with E-state index >= 15 is 0 Å². The average molecular weight is 253 g/mol. The summed E-state index contributed by atoms with van der Waals surface area (Å²) in [7, 11) is 0. The van der Waals surface area contributed by atoms with Gasteiger partial charge in [0.25, 0.3) is 0 Å². The van der Waals surface area contributed by atoms with Gasteiger partial charge in [-0.05, 0) is 32.2 Å². The van der Waals surface area contributed by atoms with Crippen LogP contribution in [0.2, 0.25) is 0 Å². The van der Waals surface area contributed by atoms with Crippen molar-refractivity contribution in [1.82, 2.24) is 10.3 Å². The highest BCUT2D eigenvalue weighted by Crippen LogP contribution is 2.29. The Balaban J connectivity index is 2.02. The zero-order chi connectivity index (χ0) is 12.3. The summed E-state index contributed by atoms with van der Waals surface area (Å²) in [6.45, 7) is 9.84. The molecular formula is C13H23N3S. The molecule has 0 saturated carbocycles. The van der Waals surface area contributed by atoms with Crippen LogP contribution < -0.4 is 10.2 Å². The first kappa shape index (κ1) is 12.8. The molecule has 2 rings (SSSR count). The summed E-state index contributed by atoms with van der Waals surface area (Å²) in [4.78, 5) is 7.22. The summed E-state index contributed by atoms with van der Waals surface area (Å²) < 4.78 is 0. The maximum absolute atomic E-state index is 4.74. The van der Waals surface area contributed by atoms with Crippen LogP contribution in [0, 0.1) is 5.92 Å². The number of aromatic nitrogens is 1. The van der Waals surface area contributed by atoms with E-state index < -0.39 is 0 Å². The van der Waals surface area contributed by atoms with Gasteiger partial charge in [-0.3, -0.25) is 0 Å². The van der Waals surface area contributed by atoms with Crippen LogP contribution in [-0.4, -0.2) is 24.1 Å². The first-order chi connectivity index (χ1) is 8.20. The number of piperidine rings is 1. The lowest BCUT2D eigenvalue weighted by Gasteiger charge is -2.36. The van der Waals surface area contributed by atoms with Gasteiger partial charge in [0.2, 0.25) is 0 Å². The summed E-state index contributed by atoms with van der Waals surface area (Å²) >= 11 is 1.79. The molecule has 0 spiro atoms. The van der Waals surface area contributed by atoms with Crippen molar-refractivity contribution in [3.8, 4) is 0 Å². The van der Waals surface area contributed by atoms with Gasteiger partial charge >= 0.3 is 0 Å². The molecule has 1 aliphatic rings. The second-order valence-electron chi connectivity index (χ2n) is 5.09. The second-order valence-corrected chi connectivity index (χ2v) is 5.92. The van der Waals surface area contributed by atoms with Crippen LogP contribution in [-0.2, 0) is 6.54 Å². The van der Waals surface area contributed by atoms with Crippen molar-refractivity contribution in [2.75, 3.05) is 18.0 Å². The zero-order valence-corrected chi connectivity index (χ0v) is 11.9. The molecule has 3 nitrogen and oxygen atoms in total. The Kier molecular flexibility index (Phi) is 4.40. The fraction of sp³-hybridized carbons (Fsp3) is 0.769. The van der Waals surface area contributed by atoms with Crippen LogP contribution in [0.4, 0.5) is 5.13 Å². The van der Waals surface area contributed by atoms with Gasteiger partial charge in [0.05, 0.1) is 5.69 Å². The number of hydrogen-bond donors (Lipinski definition) is 1. The van der Waals surface area contributed by atoms with Crippen LogP contribution in [0.5, 0.6) is 0 Å². The summed E-state index contributed by atoms with van der Waals surface area (Å²) in [5.41, 5.74) is 1.18. The van der Waals surface area contributed by atoms with E-state index in [2.05, 4.69) is 36.4 Å². The standard InChI is InChI=1S/C13H23N3S/c1-4-14-7-12-9-17-13(15-12)16-8-10(2)5-6-11(16)3/h9-11,14H,4-8H2,1-3H3. The molecule has 1 saturated heterocycles. The summed E-state index contributed by atoms with van der Waals surface area (Å²) in [6, 6.07) is 0.643. The molecule has 1 aromatic heterocycles. The van der Waals surface area contributed by atoms with Gasteiger partial charge in [-0.1, -0.05) is 13.8 Å². The van der Waals surface area contributed by atoms with Gasteiger partial charge in [-0.15, -0.1) is 11.3 Å². The van der Waals surface area contributed by atoms with Crippen molar-refractivity contribution >= 4 is 16.5 Å². The van der Waals surface area contributed by atoms with Gasteiger partial charge in [-0.25, -0.2) is 4.98 Å². The SMILES string of the molecule is CCNCc1csc(N2CC(C)CCC2C)n1. The zero-order valence-electron chi connectivity index (χ0n) is 11.1. The minimum absolute atomic E-state index is 0.643. The Bertz CT molecular complexity index is 350. The summed E-state index contributed by atoms with van der Waals surface area (Å²) in [5, 5.41) is 6.72. The molecule has 0 amide bonds. The monoisotopic (exact) mass is 253 g/mol. The van der Waals surface area contributed by atoms with Crippen LogP contribution in [0.3, 0.4) is 0 Å². The average Bonchev–Trinajstić information content (AvgIpc) is 2.78. The molecule has 1 N–H and O–H groups in total. The third kappa shape index (κ3) is 3.19. The largest absolute Gasteiger partial charge is 0.345 e. The molecule has 96 valence electrons. The van der Waals surface area contributed by atoms with E-state index in [-0.39, 0.29) is 0 Å². The predicted molar refractivity (Wildman–Crippen MR) is 74.7 cm³/mol. The minimum Gasteiger partial charge on any atom is -0.345 e. The second kappa shape index (κ2) is 5.83. The van der Waals surface area contributed by atoms with Crippen LogP contribution >= 0.6 is 11.3 Å². The Hall–Kier alpha value is -0.610. The van der Waals surface area contributed by atoms with Crippen molar-refractivity contribution in [3.05, 3.63) is 11.1 Å². The quantitative estimate of drug-likeness (QED) is 0.894. The number of rotatable bonds is 4. The Morgan fingerprint density at radius 2 is 2.29 bits per heavy atom. The molecule has 17 heavy (non-hydrogen) atoms. The van der Waals surface area contributed by atoms with Crippen molar-refractivity contribution in [1.29, 1.82) is 0 Å². The van der Waals surface area contributed by atoms with E-state index in [1.165, 1.54) is 23.7 Å². The topological polar surface area (TPSA) is 28.2 Å². The lowest BCUT2D eigenvalue weighted by molar-refractivity contribution is 0.390. The molecule has 4 heteroatoms. The maximum atomic E-state index is 4.74. The highest BCUT2D eigenvalue weighted by molar-refractivity contribution is 7.13. The predicted octanol–water partition coefficient (Wildman–Crippen LogP) is 2.88. The molecule has 0 aromatic carbocycles. The van der Waals surface area contributed by atoms with Crippen molar-refractivity contribution in [2.45, 2.75) is 46.2 Å². The summed E-state index contributed by atoms with van der Waals surface area (Å²) in [6.07, 6.45) is 2.65. The Morgan fingerprint density at radius 1 is 1.47 bits per heavy atom. The number of anilines is 1. The first-order valence-corrected chi connectivity index (χ1v) is 7.50. The highest BCUT2D eigenvalue weighted by atomic mass is 32.1. The Morgan fingerprint density at radius 3 is 3.06 bits per heavy atom. The molecule has 2 unspecified atom stereocenters. The Labute approximate surface area is 108 Å². The normalized spacial score (nSPS) is 25.2. The van der Waals surface area contributed by atoms with Crippen molar-refractivity contribution < 1.29 is 0 Å². The molecular weight excluding hydrogens is 230 g/mol. The van der Waals surface area contributed by atoms with Crippen LogP contribution in [0.15, 0.2) is 5.38 Å². The third-order valence-corrected chi connectivity index (χ3v) is 4.39. The summed E-state index contributed by atoms with van der Waals surface area (Å²) in [5.74, 6) is 0.798. The van der Waals surface area contributed by atoms with Gasteiger partial charge in [0, 0.05) is 24.5 Å². The molecule has 1 aliphatic heterocycles. The van der Waals surface area contributed by atoms with E-state index in [0.29, 0.717) is 6.04 Å². The first-order valence-electron chi connectivity index (χ1n) is 6.62. The van der Waals surface area contributed by atoms with E-state index in [1.54, 1.807) is 11.3 Å². The lowest BCUT2D eigenvalue weighted by Crippen LogP contribution is -2.41. The number of nitrogens with zero attached hydrogens (tertiary/aromatic N) is 2. The van der Waals surface area contributed by atoms with E-state index in [1.807, 2.05) is 0 Å². The van der Waals surface area contributed by atoms with Gasteiger partial charge in [-0.2, -0.15) is 0 Å². The van der Waals surface area contributed by atoms with E-state index in [0.717, 1.165) is 25.6 Å². The third-order valence-electron chi connectivity index (χ3n) is 3.46. The number of thiazole rings is 1. The minimum atomic E-state index is 0.643. The molecule has 1 aromatic rings. The molecule has 1 fully saturated rings. The number of hydrogen-bond acceptors (Lipinski definition) is 4. The fourth-order valence-corrected chi connectivity index (χ4v) is 3.25. The van der Waals surface area contributed by atoms with E-state index in [9.17, 15) is 0 Å². The van der Waals surface area contributed by atoms with Crippen LogP contribution in [0.1, 0.15) is 39.3 Å². The van der Waals surface area contributed by atoms with Crippen LogP contribution in [0.25, 0.3) is 0 Å². The lowest BCUT2D eigenvalue weighted by atomic mass is 9.96. The highest BCUT2D eigenvalue weighted by Gasteiger charge is 2.24. The van der Waals surface area contributed by atoms with E-state index in [4.69, 9.17) is 4.98 Å². The van der Waals surface area contributed by atoms with Gasteiger partial charge in [0.15, 0.2) is 5.13 Å². The molecule has 0 bridgehead atoms. The number of nitrogens with one attached hydrogen (secondary N) is 1. The molecule has 2 heterocycles. The van der Waals surface area contributed by atoms with Crippen molar-refractivity contribution in [2.24, 2.45) is 5.92 Å². The van der Waals surface area contributed by atoms with Gasteiger partial charge < -0.3 is 10.2 Å². The smallest absolute Gasteiger partial charge is 0.185 e. The fourth-order valence-electron chi connectivity index (χ4n) is 2.32. The van der Waals surface area contributed by atoms with Crippen molar-refractivity contribution in [3.63, 3.8) is 0 Å².